The number of amides is 4. The molecule has 3 saturated heterocycles. The van der Waals surface area contributed by atoms with Gasteiger partial charge in [0.1, 0.15) is 6.33 Å². The van der Waals surface area contributed by atoms with E-state index in [1.165, 1.54) is 12.4 Å². The van der Waals surface area contributed by atoms with E-state index in [1.54, 1.807) is 0 Å². The highest BCUT2D eigenvalue weighted by molar-refractivity contribution is 8.18. The zero-order valence-electron chi connectivity index (χ0n) is 16.4. The molecular weight excluding hydrogens is 418 g/mol. The van der Waals surface area contributed by atoms with E-state index in [1.807, 2.05) is 35.2 Å². The number of aromatic nitrogens is 3. The number of benzene rings is 1. The molecule has 2 unspecified atom stereocenters. The molecule has 4 heterocycles. The average molecular weight is 437 g/mol. The summed E-state index contributed by atoms with van der Waals surface area (Å²) in [7, 11) is 0. The minimum absolute atomic E-state index is 0.0805. The summed E-state index contributed by atoms with van der Waals surface area (Å²) in [5.41, 5.74) is 0.786. The molecule has 0 saturated carbocycles. The molecule has 1 aromatic heterocycles. The number of likely N-dealkylation sites (tertiary alicyclic amines) is 1. The second-order valence-electron chi connectivity index (χ2n) is 7.62. The third-order valence-corrected chi connectivity index (χ3v) is 6.37. The number of urea groups is 1. The van der Waals surface area contributed by atoms with Gasteiger partial charge in [0.05, 0.1) is 4.91 Å². The fourth-order valence-corrected chi connectivity index (χ4v) is 4.76. The molecule has 3 aliphatic rings. The van der Waals surface area contributed by atoms with Crippen LogP contribution in [-0.2, 0) is 4.79 Å². The molecular formula is C20H19N7O3S. The molecule has 3 fully saturated rings. The van der Waals surface area contributed by atoms with Gasteiger partial charge in [-0.3, -0.25) is 14.9 Å². The predicted molar refractivity (Wildman–Crippen MR) is 115 cm³/mol. The maximum atomic E-state index is 12.6. The van der Waals surface area contributed by atoms with E-state index in [-0.39, 0.29) is 10.9 Å². The molecule has 0 spiro atoms. The topological polar surface area (TPSA) is 120 Å². The van der Waals surface area contributed by atoms with E-state index in [0.29, 0.717) is 36.7 Å². The Balaban J connectivity index is 1.22. The molecule has 10 nitrogen and oxygen atoms in total. The van der Waals surface area contributed by atoms with E-state index in [2.05, 4.69) is 30.5 Å². The van der Waals surface area contributed by atoms with Crippen molar-refractivity contribution in [3.8, 4) is 0 Å². The van der Waals surface area contributed by atoms with Crippen LogP contribution in [0.3, 0.4) is 0 Å². The van der Waals surface area contributed by atoms with Crippen LogP contribution in [0.4, 0.5) is 21.2 Å². The maximum absolute atomic E-state index is 12.6. The molecule has 0 radical (unpaired) electrons. The molecule has 31 heavy (non-hydrogen) atoms. The summed E-state index contributed by atoms with van der Waals surface area (Å²) in [4.78, 5) is 52.6. The van der Waals surface area contributed by atoms with Crippen LogP contribution in [0.2, 0.25) is 0 Å². The van der Waals surface area contributed by atoms with Gasteiger partial charge in [-0.25, -0.2) is 14.8 Å². The van der Waals surface area contributed by atoms with Crippen LogP contribution in [0.15, 0.2) is 41.6 Å². The van der Waals surface area contributed by atoms with Crippen LogP contribution in [-0.4, -0.2) is 63.2 Å². The first kappa shape index (κ1) is 19.5. The number of fused-ring (bicyclic) bond motifs is 1. The Morgan fingerprint density at radius 2 is 1.84 bits per heavy atom. The molecule has 0 aliphatic carbocycles. The second kappa shape index (κ2) is 7.99. The summed E-state index contributed by atoms with van der Waals surface area (Å²) in [5, 5.41) is 4.75. The zero-order valence-corrected chi connectivity index (χ0v) is 17.2. The van der Waals surface area contributed by atoms with Gasteiger partial charge in [-0.2, -0.15) is 4.98 Å². The zero-order chi connectivity index (χ0) is 21.4. The van der Waals surface area contributed by atoms with Gasteiger partial charge in [0.15, 0.2) is 5.82 Å². The highest BCUT2D eigenvalue weighted by Crippen LogP contribution is 2.33. The number of nitrogens with one attached hydrogen (secondary N) is 2. The molecule has 2 atom stereocenters. The van der Waals surface area contributed by atoms with Gasteiger partial charge in [-0.05, 0) is 23.9 Å². The van der Waals surface area contributed by atoms with Crippen molar-refractivity contribution in [3.05, 3.63) is 47.4 Å². The van der Waals surface area contributed by atoms with Crippen molar-refractivity contribution >= 4 is 46.7 Å². The molecule has 158 valence electrons. The van der Waals surface area contributed by atoms with Crippen molar-refractivity contribution in [1.82, 2.24) is 25.2 Å². The Morgan fingerprint density at radius 1 is 1.10 bits per heavy atom. The largest absolute Gasteiger partial charge is 0.340 e. The van der Waals surface area contributed by atoms with Crippen molar-refractivity contribution in [2.75, 3.05) is 36.4 Å². The number of anilines is 2. The van der Waals surface area contributed by atoms with Gasteiger partial charge in [-0.1, -0.05) is 18.2 Å². The lowest BCUT2D eigenvalue weighted by molar-refractivity contribution is -0.115. The standard InChI is InChI=1S/C20H19N7O3S/c28-17-15(31-20(30)25-17)6-16-21-11-22-18(24-16)26-7-12-9-27(10-13(12)8-26)19(29)23-14-4-2-1-3-5-14/h1-6,11-13H,7-10H2,(H,23,29)(H,25,28,30)/b15-6+. The number of rotatable bonds is 3. The van der Waals surface area contributed by atoms with Crippen LogP contribution in [0.1, 0.15) is 5.82 Å². The van der Waals surface area contributed by atoms with Crippen LogP contribution in [0.5, 0.6) is 0 Å². The number of para-hydroxylation sites is 1. The normalized spacial score (nSPS) is 23.9. The molecule has 11 heteroatoms. The summed E-state index contributed by atoms with van der Waals surface area (Å²) in [5.74, 6) is 1.11. The minimum atomic E-state index is -0.443. The van der Waals surface area contributed by atoms with E-state index in [4.69, 9.17) is 0 Å². The monoisotopic (exact) mass is 437 g/mol. The summed E-state index contributed by atoms with van der Waals surface area (Å²) >= 11 is 0.828. The first-order valence-corrected chi connectivity index (χ1v) is 10.7. The highest BCUT2D eigenvalue weighted by Gasteiger charge is 2.42. The number of thioether (sulfide) groups is 1. The van der Waals surface area contributed by atoms with Crippen molar-refractivity contribution in [1.29, 1.82) is 0 Å². The number of nitrogens with zero attached hydrogens (tertiary/aromatic N) is 5. The summed E-state index contributed by atoms with van der Waals surface area (Å²) in [6.45, 7) is 2.85. The molecule has 5 rings (SSSR count). The summed E-state index contributed by atoms with van der Waals surface area (Å²) < 4.78 is 0. The molecule has 0 bridgehead atoms. The minimum Gasteiger partial charge on any atom is -0.340 e. The Bertz CT molecular complexity index is 1060. The third-order valence-electron chi connectivity index (χ3n) is 5.56. The third kappa shape index (κ3) is 4.08. The van der Waals surface area contributed by atoms with Gasteiger partial charge in [0.25, 0.3) is 11.1 Å². The van der Waals surface area contributed by atoms with Crippen LogP contribution in [0, 0.1) is 11.8 Å². The fraction of sp³-hybridized carbons (Fsp3) is 0.300. The first-order chi connectivity index (χ1) is 15.0. The number of hydrogen-bond acceptors (Lipinski definition) is 8. The van der Waals surface area contributed by atoms with Crippen molar-refractivity contribution in [2.45, 2.75) is 0 Å². The first-order valence-electron chi connectivity index (χ1n) is 9.85. The van der Waals surface area contributed by atoms with Gasteiger partial charge in [0.2, 0.25) is 5.95 Å². The van der Waals surface area contributed by atoms with Crippen LogP contribution in [0.25, 0.3) is 6.08 Å². The molecule has 1 aromatic carbocycles. The average Bonchev–Trinajstić information content (AvgIpc) is 3.42. The number of carbonyl (C=O) groups is 3. The SMILES string of the molecule is O=C1NC(=O)/C(=C\c2ncnc(N3CC4CN(C(=O)Nc5ccccc5)CC4C3)n2)S1. The molecule has 2 aromatic rings. The number of imide groups is 1. The van der Waals surface area contributed by atoms with Crippen molar-refractivity contribution < 1.29 is 14.4 Å². The van der Waals surface area contributed by atoms with E-state index < -0.39 is 11.1 Å². The van der Waals surface area contributed by atoms with Gasteiger partial charge in [-0.15, -0.1) is 0 Å². The van der Waals surface area contributed by atoms with E-state index >= 15 is 0 Å². The van der Waals surface area contributed by atoms with Gasteiger partial charge >= 0.3 is 6.03 Å². The summed E-state index contributed by atoms with van der Waals surface area (Å²) in [6, 6.07) is 9.35. The predicted octanol–water partition coefficient (Wildman–Crippen LogP) is 1.80. The molecule has 3 aliphatic heterocycles. The smallest absolute Gasteiger partial charge is 0.321 e. The quantitative estimate of drug-likeness (QED) is 0.698. The van der Waals surface area contributed by atoms with Gasteiger partial charge < -0.3 is 15.1 Å². The lowest BCUT2D eigenvalue weighted by Crippen LogP contribution is -2.36. The number of carbonyl (C=O) groups excluding carboxylic acids is 3. The number of hydrogen-bond donors (Lipinski definition) is 2. The maximum Gasteiger partial charge on any atom is 0.321 e. The highest BCUT2D eigenvalue weighted by atomic mass is 32.2. The van der Waals surface area contributed by atoms with E-state index in [9.17, 15) is 14.4 Å². The van der Waals surface area contributed by atoms with E-state index in [0.717, 1.165) is 30.5 Å². The van der Waals surface area contributed by atoms with Crippen LogP contribution < -0.4 is 15.5 Å². The fourth-order valence-electron chi connectivity index (χ4n) is 4.11. The Hall–Kier alpha value is -3.47. The molecule has 2 N–H and O–H groups in total. The van der Waals surface area contributed by atoms with Crippen molar-refractivity contribution in [3.63, 3.8) is 0 Å². The Labute approximate surface area is 182 Å². The summed E-state index contributed by atoms with van der Waals surface area (Å²) in [6.07, 6.45) is 2.89. The van der Waals surface area contributed by atoms with Crippen molar-refractivity contribution in [2.24, 2.45) is 11.8 Å². The van der Waals surface area contributed by atoms with Gasteiger partial charge in [0, 0.05) is 49.8 Å². The second-order valence-corrected chi connectivity index (χ2v) is 8.64. The lowest BCUT2D eigenvalue weighted by atomic mass is 10.0. The molecule has 4 amide bonds. The Kier molecular flexibility index (Phi) is 5.02. The Morgan fingerprint density at radius 3 is 2.52 bits per heavy atom. The van der Waals surface area contributed by atoms with Crippen LogP contribution >= 0.6 is 11.8 Å². The lowest BCUT2D eigenvalue weighted by Gasteiger charge is -2.22.